The Labute approximate surface area is 136 Å². The fourth-order valence-electron chi connectivity index (χ4n) is 3.58. The van der Waals surface area contributed by atoms with Crippen molar-refractivity contribution in [2.45, 2.75) is 44.9 Å². The van der Waals surface area contributed by atoms with Crippen LogP contribution in [-0.2, 0) is 6.42 Å². The molecule has 3 N–H and O–H groups in total. The van der Waals surface area contributed by atoms with E-state index in [1.165, 1.54) is 37.8 Å². The second-order valence-electron chi connectivity index (χ2n) is 6.53. The van der Waals surface area contributed by atoms with Crippen molar-refractivity contribution in [1.29, 1.82) is 0 Å². The Morgan fingerprint density at radius 2 is 2.13 bits per heavy atom. The van der Waals surface area contributed by atoms with Crippen LogP contribution in [-0.4, -0.2) is 20.2 Å². The van der Waals surface area contributed by atoms with Crippen LogP contribution in [0, 0.1) is 5.92 Å². The number of allylic oxidation sites excluding steroid dienone is 2. The van der Waals surface area contributed by atoms with Gasteiger partial charge < -0.3 is 10.3 Å². The maximum absolute atomic E-state index is 4.69. The van der Waals surface area contributed by atoms with Crippen LogP contribution >= 0.6 is 0 Å². The summed E-state index contributed by atoms with van der Waals surface area (Å²) in [5, 5.41) is 10.7. The maximum Gasteiger partial charge on any atom is 0.158 e. The molecule has 2 aliphatic rings. The molecule has 0 radical (unpaired) electrons. The van der Waals surface area contributed by atoms with Crippen LogP contribution in [0.5, 0.6) is 0 Å². The Morgan fingerprint density at radius 1 is 1.26 bits per heavy atom. The molecule has 0 aliphatic heterocycles. The molecule has 2 heterocycles. The average Bonchev–Trinajstić information content (AvgIpc) is 3.21. The molecule has 0 amide bonds. The minimum absolute atomic E-state index is 0.569. The van der Waals surface area contributed by atoms with Gasteiger partial charge in [-0.3, -0.25) is 5.10 Å². The van der Waals surface area contributed by atoms with Crippen molar-refractivity contribution in [2.24, 2.45) is 5.92 Å². The molecular weight excluding hydrogens is 286 g/mol. The van der Waals surface area contributed by atoms with Gasteiger partial charge in [0.1, 0.15) is 5.69 Å². The number of imidazole rings is 1. The first-order valence-electron chi connectivity index (χ1n) is 8.56. The normalized spacial score (nSPS) is 17.9. The van der Waals surface area contributed by atoms with E-state index < -0.39 is 0 Å². The molecule has 120 valence electrons. The fourth-order valence-corrected chi connectivity index (χ4v) is 3.58. The summed E-state index contributed by atoms with van der Waals surface area (Å²) in [6.45, 7) is 4.26. The van der Waals surface area contributed by atoms with E-state index in [-0.39, 0.29) is 0 Å². The van der Waals surface area contributed by atoms with E-state index in [0.29, 0.717) is 5.92 Å². The standard InChI is InChI=1S/C18H23N5/c1-12(13-7-3-2-4-8-13)20-16-11-19-23-17(16)18-21-14-9-5-6-10-15(14)22-18/h5,9,11,13,20H,1-4,6-8,10H2,(H,19,23)(H,21,22). The van der Waals surface area contributed by atoms with Gasteiger partial charge in [-0.05, 0) is 37.7 Å². The van der Waals surface area contributed by atoms with E-state index in [0.717, 1.165) is 41.4 Å². The second kappa shape index (κ2) is 6.07. The Hall–Kier alpha value is -2.30. The molecule has 0 bridgehead atoms. The van der Waals surface area contributed by atoms with Crippen LogP contribution in [0.25, 0.3) is 17.6 Å². The molecule has 0 atom stereocenters. The van der Waals surface area contributed by atoms with Gasteiger partial charge in [-0.15, -0.1) is 0 Å². The highest BCUT2D eigenvalue weighted by molar-refractivity contribution is 5.72. The lowest BCUT2D eigenvalue weighted by atomic mass is 9.87. The summed E-state index contributed by atoms with van der Waals surface area (Å²) >= 11 is 0. The molecule has 0 saturated heterocycles. The molecular formula is C18H23N5. The number of aromatic nitrogens is 4. The SMILES string of the molecule is C=C(Nc1cn[nH]c1-c1nc2c([nH]1)CCC=C2)C1CCCCC1. The second-order valence-corrected chi connectivity index (χ2v) is 6.53. The number of anilines is 1. The van der Waals surface area contributed by atoms with Gasteiger partial charge in [-0.2, -0.15) is 5.10 Å². The summed E-state index contributed by atoms with van der Waals surface area (Å²) < 4.78 is 0. The molecule has 5 nitrogen and oxygen atoms in total. The van der Waals surface area contributed by atoms with Crippen LogP contribution in [0.1, 0.15) is 49.9 Å². The van der Waals surface area contributed by atoms with E-state index in [9.17, 15) is 0 Å². The smallest absolute Gasteiger partial charge is 0.158 e. The lowest BCUT2D eigenvalue weighted by Gasteiger charge is -2.24. The predicted octanol–water partition coefficient (Wildman–Crippen LogP) is 4.27. The summed E-state index contributed by atoms with van der Waals surface area (Å²) in [5.41, 5.74) is 5.20. The van der Waals surface area contributed by atoms with Crippen molar-refractivity contribution in [3.05, 3.63) is 35.9 Å². The third-order valence-electron chi connectivity index (χ3n) is 4.92. The number of H-pyrrole nitrogens is 2. The van der Waals surface area contributed by atoms with E-state index in [2.05, 4.69) is 39.2 Å². The fraction of sp³-hybridized carbons (Fsp3) is 0.444. The molecule has 0 spiro atoms. The zero-order chi connectivity index (χ0) is 15.6. The quantitative estimate of drug-likeness (QED) is 0.790. The zero-order valence-electron chi connectivity index (χ0n) is 13.4. The number of hydrogen-bond donors (Lipinski definition) is 3. The zero-order valence-corrected chi connectivity index (χ0v) is 13.4. The Kier molecular flexibility index (Phi) is 3.77. The third-order valence-corrected chi connectivity index (χ3v) is 4.92. The highest BCUT2D eigenvalue weighted by Crippen LogP contribution is 2.32. The topological polar surface area (TPSA) is 69.4 Å². The van der Waals surface area contributed by atoms with Gasteiger partial charge in [0.15, 0.2) is 5.82 Å². The van der Waals surface area contributed by atoms with Crippen molar-refractivity contribution < 1.29 is 0 Å². The molecule has 2 aromatic heterocycles. The summed E-state index contributed by atoms with van der Waals surface area (Å²) in [4.78, 5) is 8.12. The molecule has 2 aliphatic carbocycles. The first-order chi connectivity index (χ1) is 11.3. The molecule has 4 rings (SSSR count). The Morgan fingerprint density at radius 3 is 2.96 bits per heavy atom. The first-order valence-corrected chi connectivity index (χ1v) is 8.56. The molecule has 5 heteroatoms. The number of hydrogen-bond acceptors (Lipinski definition) is 3. The first kappa shape index (κ1) is 14.3. The van der Waals surface area contributed by atoms with Crippen molar-refractivity contribution in [3.63, 3.8) is 0 Å². The van der Waals surface area contributed by atoms with Crippen molar-refractivity contribution in [1.82, 2.24) is 20.2 Å². The predicted molar refractivity (Wildman–Crippen MR) is 92.9 cm³/mol. The van der Waals surface area contributed by atoms with Gasteiger partial charge in [0.25, 0.3) is 0 Å². The van der Waals surface area contributed by atoms with Gasteiger partial charge in [0, 0.05) is 11.4 Å². The van der Waals surface area contributed by atoms with Crippen LogP contribution in [0.4, 0.5) is 5.69 Å². The highest BCUT2D eigenvalue weighted by Gasteiger charge is 2.20. The largest absolute Gasteiger partial charge is 0.356 e. The van der Waals surface area contributed by atoms with Crippen LogP contribution < -0.4 is 5.32 Å². The number of nitrogens with one attached hydrogen (secondary N) is 3. The van der Waals surface area contributed by atoms with E-state index in [4.69, 9.17) is 4.98 Å². The van der Waals surface area contributed by atoms with E-state index in [1.807, 2.05) is 6.20 Å². The van der Waals surface area contributed by atoms with Crippen LogP contribution in [0.3, 0.4) is 0 Å². The molecule has 1 fully saturated rings. The average molecular weight is 309 g/mol. The molecule has 0 unspecified atom stereocenters. The lowest BCUT2D eigenvalue weighted by molar-refractivity contribution is 0.405. The highest BCUT2D eigenvalue weighted by atomic mass is 15.2. The Balaban J connectivity index is 1.55. The van der Waals surface area contributed by atoms with Crippen LogP contribution in [0.15, 0.2) is 24.5 Å². The molecule has 2 aromatic rings. The maximum atomic E-state index is 4.69. The number of nitrogens with zero attached hydrogens (tertiary/aromatic N) is 2. The van der Waals surface area contributed by atoms with Crippen molar-refractivity contribution in [2.75, 3.05) is 5.32 Å². The summed E-state index contributed by atoms with van der Waals surface area (Å²) in [7, 11) is 0. The number of fused-ring (bicyclic) bond motifs is 1. The third kappa shape index (κ3) is 2.83. The summed E-state index contributed by atoms with van der Waals surface area (Å²) in [6.07, 6.45) is 14.6. The number of aromatic amines is 2. The molecule has 0 aromatic carbocycles. The van der Waals surface area contributed by atoms with E-state index in [1.54, 1.807) is 0 Å². The summed E-state index contributed by atoms with van der Waals surface area (Å²) in [6, 6.07) is 0. The lowest BCUT2D eigenvalue weighted by Crippen LogP contribution is -2.14. The van der Waals surface area contributed by atoms with Gasteiger partial charge >= 0.3 is 0 Å². The minimum atomic E-state index is 0.569. The van der Waals surface area contributed by atoms with Gasteiger partial charge in [-0.1, -0.05) is 31.9 Å². The van der Waals surface area contributed by atoms with Crippen LogP contribution in [0.2, 0.25) is 0 Å². The van der Waals surface area contributed by atoms with Gasteiger partial charge in [-0.25, -0.2) is 4.98 Å². The number of aryl methyl sites for hydroxylation is 1. The Bertz CT molecular complexity index is 730. The molecule has 1 saturated carbocycles. The van der Waals surface area contributed by atoms with E-state index >= 15 is 0 Å². The van der Waals surface area contributed by atoms with Gasteiger partial charge in [0.05, 0.1) is 17.6 Å². The molecule has 23 heavy (non-hydrogen) atoms. The number of rotatable bonds is 4. The van der Waals surface area contributed by atoms with Crippen molar-refractivity contribution >= 4 is 11.8 Å². The monoisotopic (exact) mass is 309 g/mol. The minimum Gasteiger partial charge on any atom is -0.356 e. The van der Waals surface area contributed by atoms with Crippen molar-refractivity contribution in [3.8, 4) is 11.5 Å². The van der Waals surface area contributed by atoms with Gasteiger partial charge in [0.2, 0.25) is 0 Å². The summed E-state index contributed by atoms with van der Waals surface area (Å²) in [5.74, 6) is 1.41.